The van der Waals surface area contributed by atoms with Crippen molar-refractivity contribution in [2.75, 3.05) is 0 Å². The molecule has 0 aliphatic carbocycles. The molecule has 0 radical (unpaired) electrons. The van der Waals surface area contributed by atoms with Gasteiger partial charge in [0, 0.05) is 23.5 Å². The lowest BCUT2D eigenvalue weighted by Crippen LogP contribution is -2.10. The minimum absolute atomic E-state index is 0.212. The molecule has 2 aromatic heterocycles. The zero-order chi connectivity index (χ0) is 13.5. The number of nitrogens with zero attached hydrogens (tertiary/aromatic N) is 1. The van der Waals surface area contributed by atoms with Gasteiger partial charge in [-0.25, -0.2) is 0 Å². The summed E-state index contributed by atoms with van der Waals surface area (Å²) in [5.41, 5.74) is 5.37. The van der Waals surface area contributed by atoms with Gasteiger partial charge in [-0.2, -0.15) is 0 Å². The van der Waals surface area contributed by atoms with Crippen molar-refractivity contribution in [3.05, 3.63) is 66.5 Å². The number of fused-ring (bicyclic) bond motifs is 1. The highest BCUT2D eigenvalue weighted by molar-refractivity contribution is 5.70. The quantitative estimate of drug-likeness (QED) is 0.577. The third kappa shape index (κ3) is 2.28. The SMILES string of the molecule is CC(C)(C)c1ccc(-c2cc3ccccn3c2)cc1. The van der Waals surface area contributed by atoms with Gasteiger partial charge in [-0.3, -0.25) is 0 Å². The fourth-order valence-corrected chi connectivity index (χ4v) is 2.38. The van der Waals surface area contributed by atoms with E-state index in [0.717, 1.165) is 0 Å². The molecule has 19 heavy (non-hydrogen) atoms. The predicted octanol–water partition coefficient (Wildman–Crippen LogP) is 4.90. The molecule has 1 nitrogen and oxygen atoms in total. The summed E-state index contributed by atoms with van der Waals surface area (Å²) in [7, 11) is 0. The van der Waals surface area contributed by atoms with Crippen molar-refractivity contribution in [3.8, 4) is 11.1 Å². The number of hydrogen-bond donors (Lipinski definition) is 0. The Morgan fingerprint density at radius 3 is 2.21 bits per heavy atom. The Morgan fingerprint density at radius 2 is 1.58 bits per heavy atom. The number of pyridine rings is 1. The second-order valence-electron chi connectivity index (χ2n) is 6.09. The molecule has 3 aromatic rings. The third-order valence-corrected chi connectivity index (χ3v) is 3.59. The molecule has 0 spiro atoms. The molecule has 2 heterocycles. The zero-order valence-corrected chi connectivity index (χ0v) is 11.7. The second kappa shape index (κ2) is 4.27. The van der Waals surface area contributed by atoms with Gasteiger partial charge >= 0.3 is 0 Å². The molecule has 0 atom stereocenters. The van der Waals surface area contributed by atoms with Gasteiger partial charge in [0.2, 0.25) is 0 Å². The molecule has 0 fully saturated rings. The number of benzene rings is 1. The third-order valence-electron chi connectivity index (χ3n) is 3.59. The van der Waals surface area contributed by atoms with Gasteiger partial charge in [-0.1, -0.05) is 51.1 Å². The maximum absolute atomic E-state index is 2.24. The van der Waals surface area contributed by atoms with Crippen LogP contribution in [0, 0.1) is 0 Å². The van der Waals surface area contributed by atoms with Crippen LogP contribution < -0.4 is 0 Å². The second-order valence-corrected chi connectivity index (χ2v) is 6.09. The molecule has 0 saturated carbocycles. The largest absolute Gasteiger partial charge is 0.323 e. The molecule has 1 heteroatoms. The van der Waals surface area contributed by atoms with E-state index in [0.29, 0.717) is 0 Å². The Labute approximate surface area is 114 Å². The van der Waals surface area contributed by atoms with Crippen LogP contribution in [0.2, 0.25) is 0 Å². The summed E-state index contributed by atoms with van der Waals surface area (Å²) >= 11 is 0. The Balaban J connectivity index is 2.02. The van der Waals surface area contributed by atoms with Crippen LogP contribution >= 0.6 is 0 Å². The Kier molecular flexibility index (Phi) is 2.70. The normalized spacial score (nSPS) is 11.9. The smallest absolute Gasteiger partial charge is 0.0456 e. The van der Waals surface area contributed by atoms with Crippen molar-refractivity contribution in [2.45, 2.75) is 26.2 Å². The first-order valence-corrected chi connectivity index (χ1v) is 6.72. The highest BCUT2D eigenvalue weighted by Gasteiger charge is 2.13. The van der Waals surface area contributed by atoms with Crippen LogP contribution in [-0.4, -0.2) is 4.40 Å². The van der Waals surface area contributed by atoms with Crippen molar-refractivity contribution in [1.29, 1.82) is 0 Å². The van der Waals surface area contributed by atoms with Crippen LogP contribution in [0.3, 0.4) is 0 Å². The Bertz CT molecular complexity index is 663. The lowest BCUT2D eigenvalue weighted by Gasteiger charge is -2.19. The zero-order valence-electron chi connectivity index (χ0n) is 11.7. The summed E-state index contributed by atoms with van der Waals surface area (Å²) in [5, 5.41) is 0. The molecule has 0 unspecified atom stereocenters. The van der Waals surface area contributed by atoms with E-state index in [1.54, 1.807) is 0 Å². The highest BCUT2D eigenvalue weighted by Crippen LogP contribution is 2.27. The fraction of sp³-hybridized carbons (Fsp3) is 0.222. The molecule has 1 aromatic carbocycles. The first kappa shape index (κ1) is 12.0. The van der Waals surface area contributed by atoms with Gasteiger partial charge < -0.3 is 4.40 Å². The number of hydrogen-bond acceptors (Lipinski definition) is 0. The van der Waals surface area contributed by atoms with Crippen molar-refractivity contribution in [3.63, 3.8) is 0 Å². The first-order valence-electron chi connectivity index (χ1n) is 6.72. The molecule has 0 N–H and O–H groups in total. The molecule has 0 bridgehead atoms. The van der Waals surface area contributed by atoms with E-state index in [-0.39, 0.29) is 5.41 Å². The lowest BCUT2D eigenvalue weighted by molar-refractivity contribution is 0.590. The molecule has 0 aliphatic heterocycles. The standard InChI is InChI=1S/C18H19N/c1-18(2,3)16-9-7-14(8-10-16)15-12-17-6-4-5-11-19(17)13-15/h4-13H,1-3H3. The molecule has 0 saturated heterocycles. The van der Waals surface area contributed by atoms with Crippen LogP contribution in [0.1, 0.15) is 26.3 Å². The summed E-state index contributed by atoms with van der Waals surface area (Å²) in [6.45, 7) is 6.73. The van der Waals surface area contributed by atoms with Gasteiger partial charge in [-0.05, 0) is 34.7 Å². The van der Waals surface area contributed by atoms with Crippen molar-refractivity contribution in [2.24, 2.45) is 0 Å². The summed E-state index contributed by atoms with van der Waals surface area (Å²) in [6.07, 6.45) is 4.27. The summed E-state index contributed by atoms with van der Waals surface area (Å²) < 4.78 is 2.16. The van der Waals surface area contributed by atoms with Gasteiger partial charge in [0.25, 0.3) is 0 Å². The summed E-state index contributed by atoms with van der Waals surface area (Å²) in [6, 6.07) is 17.4. The fourth-order valence-electron chi connectivity index (χ4n) is 2.38. The van der Waals surface area contributed by atoms with Crippen LogP contribution in [0.25, 0.3) is 16.6 Å². The van der Waals surface area contributed by atoms with Gasteiger partial charge in [0.1, 0.15) is 0 Å². The van der Waals surface area contributed by atoms with Gasteiger partial charge in [0.05, 0.1) is 0 Å². The minimum Gasteiger partial charge on any atom is -0.323 e. The number of rotatable bonds is 1. The van der Waals surface area contributed by atoms with E-state index in [2.05, 4.69) is 86.1 Å². The van der Waals surface area contributed by atoms with E-state index in [1.807, 2.05) is 0 Å². The van der Waals surface area contributed by atoms with E-state index in [9.17, 15) is 0 Å². The molecule has 0 aliphatic rings. The monoisotopic (exact) mass is 249 g/mol. The van der Waals surface area contributed by atoms with E-state index in [1.165, 1.54) is 22.2 Å². The average molecular weight is 249 g/mol. The van der Waals surface area contributed by atoms with E-state index < -0.39 is 0 Å². The first-order chi connectivity index (χ1) is 9.04. The maximum atomic E-state index is 2.24. The van der Waals surface area contributed by atoms with Gasteiger partial charge in [0.15, 0.2) is 0 Å². The lowest BCUT2D eigenvalue weighted by atomic mass is 9.86. The molecule has 96 valence electrons. The molecule has 0 amide bonds. The highest BCUT2D eigenvalue weighted by atomic mass is 14.8. The Hall–Kier alpha value is -2.02. The van der Waals surface area contributed by atoms with Crippen molar-refractivity contribution >= 4 is 5.52 Å². The average Bonchev–Trinajstić information content (AvgIpc) is 2.81. The maximum Gasteiger partial charge on any atom is 0.0456 e. The topological polar surface area (TPSA) is 4.41 Å². The van der Waals surface area contributed by atoms with E-state index >= 15 is 0 Å². The van der Waals surface area contributed by atoms with Crippen LogP contribution in [0.15, 0.2) is 60.9 Å². The van der Waals surface area contributed by atoms with Crippen LogP contribution in [0.4, 0.5) is 0 Å². The molecular weight excluding hydrogens is 230 g/mol. The van der Waals surface area contributed by atoms with Crippen LogP contribution in [0.5, 0.6) is 0 Å². The van der Waals surface area contributed by atoms with Crippen LogP contribution in [-0.2, 0) is 5.41 Å². The summed E-state index contributed by atoms with van der Waals surface area (Å²) in [5.74, 6) is 0. The minimum atomic E-state index is 0.212. The van der Waals surface area contributed by atoms with Crippen molar-refractivity contribution in [1.82, 2.24) is 4.40 Å². The number of aromatic nitrogens is 1. The summed E-state index contributed by atoms with van der Waals surface area (Å²) in [4.78, 5) is 0. The van der Waals surface area contributed by atoms with E-state index in [4.69, 9.17) is 0 Å². The predicted molar refractivity (Wildman–Crippen MR) is 81.5 cm³/mol. The Morgan fingerprint density at radius 1 is 0.842 bits per heavy atom. The van der Waals surface area contributed by atoms with Crippen molar-refractivity contribution < 1.29 is 0 Å². The van der Waals surface area contributed by atoms with Gasteiger partial charge in [-0.15, -0.1) is 0 Å². The molecule has 3 rings (SSSR count). The molecular formula is C18H19N.